The Bertz CT molecular complexity index is 903. The highest BCUT2D eigenvalue weighted by Gasteiger charge is 2.19. The van der Waals surface area contributed by atoms with Gasteiger partial charge >= 0.3 is 0 Å². The van der Waals surface area contributed by atoms with E-state index in [0.717, 1.165) is 48.2 Å². The quantitative estimate of drug-likeness (QED) is 0.719. The van der Waals surface area contributed by atoms with Crippen LogP contribution in [0, 0.1) is 11.6 Å². The molecule has 0 unspecified atom stereocenters. The first-order valence-electron chi connectivity index (χ1n) is 8.97. The lowest BCUT2D eigenvalue weighted by Gasteiger charge is -2.22. The molecule has 1 fully saturated rings. The number of halogens is 2. The molecule has 6 heteroatoms. The van der Waals surface area contributed by atoms with Crippen LogP contribution in [-0.2, 0) is 13.0 Å². The number of thioether (sulfide) groups is 1. The molecule has 2 aromatic carbocycles. The van der Waals surface area contributed by atoms with E-state index in [-0.39, 0.29) is 0 Å². The number of imidazole rings is 1. The lowest BCUT2D eigenvalue weighted by molar-refractivity contribution is 0.528. The lowest BCUT2D eigenvalue weighted by Crippen LogP contribution is -2.29. The molecular formula is C20H21F2N3S. The summed E-state index contributed by atoms with van der Waals surface area (Å²) in [5.41, 5.74) is 2.55. The zero-order chi connectivity index (χ0) is 17.9. The Balaban J connectivity index is 1.60. The number of hydrogen-bond donors (Lipinski definition) is 1. The molecule has 1 saturated heterocycles. The lowest BCUT2D eigenvalue weighted by atomic mass is 10.1. The zero-order valence-corrected chi connectivity index (χ0v) is 15.2. The highest BCUT2D eigenvalue weighted by Crippen LogP contribution is 2.31. The molecular weight excluding hydrogens is 352 g/mol. The number of aryl methyl sites for hydroxylation is 2. The van der Waals surface area contributed by atoms with Crippen LogP contribution < -0.4 is 5.32 Å². The summed E-state index contributed by atoms with van der Waals surface area (Å²) in [5.74, 6) is -1.02. The van der Waals surface area contributed by atoms with E-state index >= 15 is 0 Å². The third kappa shape index (κ3) is 3.76. The van der Waals surface area contributed by atoms with Gasteiger partial charge in [0.05, 0.1) is 11.0 Å². The smallest absolute Gasteiger partial charge is 0.169 e. The number of fused-ring (bicyclic) bond motifs is 1. The van der Waals surface area contributed by atoms with Gasteiger partial charge in [-0.15, -0.1) is 0 Å². The first kappa shape index (κ1) is 17.5. The minimum atomic E-state index is -0.540. The van der Waals surface area contributed by atoms with Gasteiger partial charge in [0.2, 0.25) is 0 Å². The van der Waals surface area contributed by atoms with Gasteiger partial charge in [-0.25, -0.2) is 13.8 Å². The van der Waals surface area contributed by atoms with E-state index in [1.165, 1.54) is 12.1 Å². The van der Waals surface area contributed by atoms with E-state index in [2.05, 4.69) is 16.0 Å². The van der Waals surface area contributed by atoms with Gasteiger partial charge in [0, 0.05) is 17.9 Å². The van der Waals surface area contributed by atoms with Gasteiger partial charge in [0.25, 0.3) is 0 Å². The highest BCUT2D eigenvalue weighted by atomic mass is 32.2. The third-order valence-electron chi connectivity index (χ3n) is 4.80. The van der Waals surface area contributed by atoms with Crippen molar-refractivity contribution < 1.29 is 8.78 Å². The fourth-order valence-electron chi connectivity index (χ4n) is 3.38. The molecule has 1 aliphatic heterocycles. The Morgan fingerprint density at radius 2 is 1.92 bits per heavy atom. The molecule has 0 aliphatic carbocycles. The molecule has 1 aromatic heterocycles. The molecule has 0 bridgehead atoms. The Morgan fingerprint density at radius 3 is 2.73 bits per heavy atom. The SMILES string of the molecule is Fc1ccc(CCn2c(SC3CCNCC3)nc3ccccc32)c(F)c1. The number of para-hydroxylation sites is 2. The number of aromatic nitrogens is 2. The van der Waals surface area contributed by atoms with Gasteiger partial charge in [-0.2, -0.15) is 0 Å². The van der Waals surface area contributed by atoms with Gasteiger partial charge in [-0.1, -0.05) is 30.0 Å². The first-order valence-corrected chi connectivity index (χ1v) is 9.85. The van der Waals surface area contributed by atoms with Crippen LogP contribution in [0.3, 0.4) is 0 Å². The van der Waals surface area contributed by atoms with Crippen molar-refractivity contribution in [3.8, 4) is 0 Å². The molecule has 3 aromatic rings. The number of rotatable bonds is 5. The number of piperidine rings is 1. The van der Waals surface area contributed by atoms with E-state index in [4.69, 9.17) is 4.98 Å². The molecule has 0 atom stereocenters. The standard InChI is InChI=1S/C20H21F2N3S/c21-15-6-5-14(17(22)13-15)9-12-25-19-4-2-1-3-18(19)24-20(25)26-16-7-10-23-11-8-16/h1-6,13,16,23H,7-12H2. The van der Waals surface area contributed by atoms with Gasteiger partial charge in [-0.05, 0) is 56.1 Å². The van der Waals surface area contributed by atoms with Crippen molar-refractivity contribution in [2.45, 2.75) is 36.2 Å². The summed E-state index contributed by atoms with van der Waals surface area (Å²) in [5, 5.41) is 4.92. The summed E-state index contributed by atoms with van der Waals surface area (Å²) < 4.78 is 29.3. The van der Waals surface area contributed by atoms with E-state index < -0.39 is 11.6 Å². The van der Waals surface area contributed by atoms with Crippen molar-refractivity contribution in [2.24, 2.45) is 0 Å². The molecule has 3 nitrogen and oxygen atoms in total. The van der Waals surface area contributed by atoms with E-state index in [0.29, 0.717) is 23.8 Å². The monoisotopic (exact) mass is 373 g/mol. The van der Waals surface area contributed by atoms with Crippen LogP contribution in [0.15, 0.2) is 47.6 Å². The van der Waals surface area contributed by atoms with Crippen LogP contribution >= 0.6 is 11.8 Å². The van der Waals surface area contributed by atoms with Gasteiger partial charge < -0.3 is 9.88 Å². The Labute approximate surface area is 155 Å². The first-order chi connectivity index (χ1) is 12.7. The summed E-state index contributed by atoms with van der Waals surface area (Å²) in [6, 6.07) is 11.8. The third-order valence-corrected chi connectivity index (χ3v) is 6.12. The zero-order valence-electron chi connectivity index (χ0n) is 14.4. The Kier molecular flexibility index (Phi) is 5.22. The second kappa shape index (κ2) is 7.76. The van der Waals surface area contributed by atoms with Crippen molar-refractivity contribution in [1.82, 2.24) is 14.9 Å². The van der Waals surface area contributed by atoms with Crippen molar-refractivity contribution in [1.29, 1.82) is 0 Å². The molecule has 1 aliphatic rings. The summed E-state index contributed by atoms with van der Waals surface area (Å²) >= 11 is 1.82. The Morgan fingerprint density at radius 1 is 1.12 bits per heavy atom. The maximum Gasteiger partial charge on any atom is 0.169 e. The van der Waals surface area contributed by atoms with E-state index in [1.54, 1.807) is 0 Å². The summed E-state index contributed by atoms with van der Waals surface area (Å²) in [6.07, 6.45) is 2.76. The maximum absolute atomic E-state index is 14.0. The fourth-order valence-corrected chi connectivity index (χ4v) is 4.62. The largest absolute Gasteiger partial charge is 0.319 e. The number of hydrogen-bond acceptors (Lipinski definition) is 3. The van der Waals surface area contributed by atoms with Crippen LogP contribution in [-0.4, -0.2) is 27.9 Å². The minimum absolute atomic E-state index is 0.484. The maximum atomic E-state index is 14.0. The van der Waals surface area contributed by atoms with Crippen molar-refractivity contribution in [2.75, 3.05) is 13.1 Å². The molecule has 0 radical (unpaired) electrons. The molecule has 1 N–H and O–H groups in total. The molecule has 136 valence electrons. The molecule has 4 rings (SSSR count). The van der Waals surface area contributed by atoms with Crippen LogP contribution in [0.4, 0.5) is 8.78 Å². The van der Waals surface area contributed by atoms with Crippen molar-refractivity contribution >= 4 is 22.8 Å². The van der Waals surface area contributed by atoms with Crippen LogP contribution in [0.2, 0.25) is 0 Å². The predicted molar refractivity (Wildman–Crippen MR) is 102 cm³/mol. The normalized spacial score (nSPS) is 15.6. The van der Waals surface area contributed by atoms with Crippen molar-refractivity contribution in [3.05, 3.63) is 59.7 Å². The van der Waals surface area contributed by atoms with Crippen LogP contribution in [0.1, 0.15) is 18.4 Å². The van der Waals surface area contributed by atoms with Crippen LogP contribution in [0.25, 0.3) is 11.0 Å². The van der Waals surface area contributed by atoms with Crippen molar-refractivity contribution in [3.63, 3.8) is 0 Å². The van der Waals surface area contributed by atoms with Crippen LogP contribution in [0.5, 0.6) is 0 Å². The molecule has 2 heterocycles. The predicted octanol–water partition coefficient (Wildman–Crippen LogP) is 4.40. The molecule has 26 heavy (non-hydrogen) atoms. The van der Waals surface area contributed by atoms with Gasteiger partial charge in [-0.3, -0.25) is 0 Å². The molecule has 0 spiro atoms. The molecule has 0 amide bonds. The fraction of sp³-hybridized carbons (Fsp3) is 0.350. The minimum Gasteiger partial charge on any atom is -0.319 e. The second-order valence-electron chi connectivity index (χ2n) is 6.59. The van der Waals surface area contributed by atoms with Gasteiger partial charge in [0.15, 0.2) is 5.16 Å². The summed E-state index contributed by atoms with van der Waals surface area (Å²) in [4.78, 5) is 4.81. The average Bonchev–Trinajstić information content (AvgIpc) is 2.99. The number of nitrogens with one attached hydrogen (secondary N) is 1. The highest BCUT2D eigenvalue weighted by molar-refractivity contribution is 7.99. The number of nitrogens with zero attached hydrogens (tertiary/aromatic N) is 2. The topological polar surface area (TPSA) is 29.9 Å². The summed E-state index contributed by atoms with van der Waals surface area (Å²) in [7, 11) is 0. The molecule has 0 saturated carbocycles. The van der Waals surface area contributed by atoms with Gasteiger partial charge in [0.1, 0.15) is 11.6 Å². The average molecular weight is 373 g/mol. The van der Waals surface area contributed by atoms with E-state index in [1.807, 2.05) is 30.0 Å². The second-order valence-corrected chi connectivity index (χ2v) is 7.86. The Hall–Kier alpha value is -1.92. The summed E-state index contributed by atoms with van der Waals surface area (Å²) in [6.45, 7) is 2.70. The van der Waals surface area contributed by atoms with E-state index in [9.17, 15) is 8.78 Å². The number of benzene rings is 2.